The monoisotopic (exact) mass is 320 g/mol. The van der Waals surface area contributed by atoms with Gasteiger partial charge < -0.3 is 10.3 Å². The lowest BCUT2D eigenvalue weighted by atomic mass is 9.99. The summed E-state index contributed by atoms with van der Waals surface area (Å²) in [5.41, 5.74) is 3.97. The van der Waals surface area contributed by atoms with Crippen molar-refractivity contribution in [1.82, 2.24) is 4.98 Å². The number of aromatic nitrogens is 1. The summed E-state index contributed by atoms with van der Waals surface area (Å²) >= 11 is 0. The van der Waals surface area contributed by atoms with Crippen molar-refractivity contribution in [1.29, 1.82) is 0 Å². The number of benzene rings is 2. The third kappa shape index (κ3) is 3.23. The van der Waals surface area contributed by atoms with Crippen molar-refractivity contribution < 1.29 is 4.79 Å². The third-order valence-electron chi connectivity index (χ3n) is 4.07. The first-order valence-corrected chi connectivity index (χ1v) is 7.99. The number of fused-ring (bicyclic) bond motifs is 1. The van der Waals surface area contributed by atoms with E-state index < -0.39 is 0 Å². The SMILES string of the molecule is Cc1ccc(C(=O)Nc2ccc3c(C(C)C)cc(=O)[nH]c3c2)cc1. The third-order valence-corrected chi connectivity index (χ3v) is 4.07. The van der Waals surface area contributed by atoms with E-state index >= 15 is 0 Å². The molecule has 0 saturated heterocycles. The Morgan fingerprint density at radius 2 is 1.75 bits per heavy atom. The van der Waals surface area contributed by atoms with E-state index in [9.17, 15) is 9.59 Å². The minimum atomic E-state index is -0.170. The second-order valence-electron chi connectivity index (χ2n) is 6.32. The number of carbonyl (C=O) groups excluding carboxylic acids is 1. The van der Waals surface area contributed by atoms with Crippen LogP contribution in [0.5, 0.6) is 0 Å². The molecule has 1 aromatic heterocycles. The van der Waals surface area contributed by atoms with E-state index in [1.807, 2.05) is 31.2 Å². The molecule has 0 unspecified atom stereocenters. The Hall–Kier alpha value is -2.88. The fraction of sp³-hybridized carbons (Fsp3) is 0.200. The van der Waals surface area contributed by atoms with Crippen LogP contribution in [0, 0.1) is 6.92 Å². The summed E-state index contributed by atoms with van der Waals surface area (Å²) < 4.78 is 0. The molecule has 0 radical (unpaired) electrons. The van der Waals surface area contributed by atoms with Crippen molar-refractivity contribution in [3.05, 3.63) is 75.6 Å². The molecule has 2 N–H and O–H groups in total. The van der Waals surface area contributed by atoms with Gasteiger partial charge in [-0.25, -0.2) is 0 Å². The first-order valence-electron chi connectivity index (χ1n) is 7.99. The summed E-state index contributed by atoms with van der Waals surface area (Å²) in [6, 6.07) is 14.6. The van der Waals surface area contributed by atoms with Crippen molar-refractivity contribution in [2.24, 2.45) is 0 Å². The number of rotatable bonds is 3. The zero-order chi connectivity index (χ0) is 17.3. The van der Waals surface area contributed by atoms with Crippen LogP contribution in [0.1, 0.15) is 41.3 Å². The summed E-state index contributed by atoms with van der Waals surface area (Å²) in [5.74, 6) is 0.0829. The number of aryl methyl sites for hydroxylation is 1. The molecule has 0 aliphatic heterocycles. The lowest BCUT2D eigenvalue weighted by Crippen LogP contribution is -2.12. The Bertz CT molecular complexity index is 954. The van der Waals surface area contributed by atoms with E-state index in [-0.39, 0.29) is 17.4 Å². The van der Waals surface area contributed by atoms with Crippen LogP contribution in [0.4, 0.5) is 5.69 Å². The van der Waals surface area contributed by atoms with Crippen molar-refractivity contribution in [3.63, 3.8) is 0 Å². The summed E-state index contributed by atoms with van der Waals surface area (Å²) in [4.78, 5) is 27.0. The fourth-order valence-electron chi connectivity index (χ4n) is 2.75. The molecule has 24 heavy (non-hydrogen) atoms. The number of carbonyl (C=O) groups is 1. The van der Waals surface area contributed by atoms with E-state index in [1.165, 1.54) is 0 Å². The normalized spacial score (nSPS) is 11.0. The second kappa shape index (κ2) is 6.32. The fourth-order valence-corrected chi connectivity index (χ4v) is 2.75. The summed E-state index contributed by atoms with van der Waals surface area (Å²) in [5, 5.41) is 3.88. The molecule has 0 saturated carbocycles. The van der Waals surface area contributed by atoms with Gasteiger partial charge in [0.05, 0.1) is 5.52 Å². The molecule has 4 nitrogen and oxygen atoms in total. The van der Waals surface area contributed by atoms with Gasteiger partial charge in [0.15, 0.2) is 0 Å². The number of H-pyrrole nitrogens is 1. The molecule has 4 heteroatoms. The molecule has 0 spiro atoms. The Kier molecular flexibility index (Phi) is 4.21. The van der Waals surface area contributed by atoms with E-state index in [1.54, 1.807) is 24.3 Å². The summed E-state index contributed by atoms with van der Waals surface area (Å²) in [6.07, 6.45) is 0. The standard InChI is InChI=1S/C20H20N2O2/c1-12(2)17-11-19(23)22-18-10-15(8-9-16(17)18)21-20(24)14-6-4-13(3)5-7-14/h4-12H,1-3H3,(H,21,24)(H,22,23). The minimum absolute atomic E-state index is 0.131. The lowest BCUT2D eigenvalue weighted by Gasteiger charge is -2.11. The predicted octanol–water partition coefficient (Wildman–Crippen LogP) is 4.21. The van der Waals surface area contributed by atoms with Crippen LogP contribution in [0.25, 0.3) is 10.9 Å². The van der Waals surface area contributed by atoms with Gasteiger partial charge in [0.2, 0.25) is 5.56 Å². The van der Waals surface area contributed by atoms with Crippen LogP contribution in [-0.4, -0.2) is 10.9 Å². The summed E-state index contributed by atoms with van der Waals surface area (Å²) in [6.45, 7) is 6.09. The van der Waals surface area contributed by atoms with Gasteiger partial charge in [0.25, 0.3) is 5.91 Å². The van der Waals surface area contributed by atoms with Gasteiger partial charge in [-0.2, -0.15) is 0 Å². The molecule has 3 rings (SSSR count). The zero-order valence-corrected chi connectivity index (χ0v) is 14.0. The highest BCUT2D eigenvalue weighted by Crippen LogP contribution is 2.25. The number of amides is 1. The van der Waals surface area contributed by atoms with Gasteiger partial charge in [0.1, 0.15) is 0 Å². The Morgan fingerprint density at radius 3 is 2.42 bits per heavy atom. The first-order chi connectivity index (χ1) is 11.4. The highest BCUT2D eigenvalue weighted by molar-refractivity contribution is 6.05. The molecule has 0 aliphatic carbocycles. The number of pyridine rings is 1. The minimum Gasteiger partial charge on any atom is -0.322 e. The van der Waals surface area contributed by atoms with Crippen LogP contribution in [-0.2, 0) is 0 Å². The number of anilines is 1. The average Bonchev–Trinajstić information content (AvgIpc) is 2.54. The number of aromatic amines is 1. The molecule has 0 atom stereocenters. The second-order valence-corrected chi connectivity index (χ2v) is 6.32. The van der Waals surface area contributed by atoms with Gasteiger partial charge in [0, 0.05) is 22.7 Å². The Labute approximate surface area is 140 Å². The van der Waals surface area contributed by atoms with Gasteiger partial charge in [-0.15, -0.1) is 0 Å². The number of nitrogens with one attached hydrogen (secondary N) is 2. The van der Waals surface area contributed by atoms with E-state index in [4.69, 9.17) is 0 Å². The van der Waals surface area contributed by atoms with Crippen LogP contribution < -0.4 is 10.9 Å². The maximum absolute atomic E-state index is 12.3. The average molecular weight is 320 g/mol. The number of hydrogen-bond donors (Lipinski definition) is 2. The van der Waals surface area contributed by atoms with Crippen molar-refractivity contribution in [3.8, 4) is 0 Å². The van der Waals surface area contributed by atoms with E-state index in [2.05, 4.69) is 24.1 Å². The molecule has 1 heterocycles. The molecule has 0 aliphatic rings. The van der Waals surface area contributed by atoms with Gasteiger partial charge in [-0.3, -0.25) is 9.59 Å². The Balaban J connectivity index is 1.95. The lowest BCUT2D eigenvalue weighted by molar-refractivity contribution is 0.102. The largest absolute Gasteiger partial charge is 0.322 e. The Morgan fingerprint density at radius 1 is 1.04 bits per heavy atom. The molecule has 3 aromatic rings. The molecular formula is C20H20N2O2. The van der Waals surface area contributed by atoms with Crippen LogP contribution in [0.15, 0.2) is 53.3 Å². The first kappa shape index (κ1) is 16.0. The maximum atomic E-state index is 12.3. The topological polar surface area (TPSA) is 62.0 Å². The molecular weight excluding hydrogens is 300 g/mol. The quantitative estimate of drug-likeness (QED) is 0.759. The van der Waals surface area contributed by atoms with Crippen molar-refractivity contribution in [2.75, 3.05) is 5.32 Å². The zero-order valence-electron chi connectivity index (χ0n) is 14.0. The maximum Gasteiger partial charge on any atom is 0.255 e. The van der Waals surface area contributed by atoms with Crippen LogP contribution >= 0.6 is 0 Å². The van der Waals surface area contributed by atoms with Gasteiger partial charge in [-0.1, -0.05) is 37.6 Å². The van der Waals surface area contributed by atoms with E-state index in [0.717, 1.165) is 22.0 Å². The molecule has 2 aromatic carbocycles. The van der Waals surface area contributed by atoms with Gasteiger partial charge in [-0.05, 0) is 42.7 Å². The highest BCUT2D eigenvalue weighted by Gasteiger charge is 2.10. The van der Waals surface area contributed by atoms with Gasteiger partial charge >= 0.3 is 0 Å². The molecule has 0 fully saturated rings. The molecule has 0 bridgehead atoms. The van der Waals surface area contributed by atoms with Crippen LogP contribution in [0.2, 0.25) is 0 Å². The molecule has 122 valence electrons. The van der Waals surface area contributed by atoms with Crippen molar-refractivity contribution >= 4 is 22.5 Å². The predicted molar refractivity (Wildman–Crippen MR) is 97.8 cm³/mol. The summed E-state index contributed by atoms with van der Waals surface area (Å²) in [7, 11) is 0. The van der Waals surface area contributed by atoms with Crippen LogP contribution in [0.3, 0.4) is 0 Å². The highest BCUT2D eigenvalue weighted by atomic mass is 16.1. The smallest absolute Gasteiger partial charge is 0.255 e. The number of hydrogen-bond acceptors (Lipinski definition) is 2. The molecule has 1 amide bonds. The van der Waals surface area contributed by atoms with E-state index in [0.29, 0.717) is 11.3 Å². The van der Waals surface area contributed by atoms with Crippen molar-refractivity contribution in [2.45, 2.75) is 26.7 Å².